The van der Waals surface area contributed by atoms with Crippen LogP contribution in [0.5, 0.6) is 0 Å². The van der Waals surface area contributed by atoms with Gasteiger partial charge in [-0.15, -0.1) is 0 Å². The number of nitrogens with zero attached hydrogens (tertiary/aromatic N) is 2. The standard InChI is InChI=1S/2CHNS.2Cu/c2*2-1-3;;/h2*3H;;/q;;;+2/p-2. The fourth-order valence-electron chi connectivity index (χ4n) is 0. The minimum absolute atomic E-state index is 0. The van der Waals surface area contributed by atoms with Gasteiger partial charge in [0.1, 0.15) is 0 Å². The van der Waals surface area contributed by atoms with Crippen LogP contribution in [0.1, 0.15) is 0 Å². The molecule has 2 radical (unpaired) electrons. The minimum Gasteiger partial charge on any atom is -0.696 e. The second-order valence-electron chi connectivity index (χ2n) is 0.183. The Hall–Kier alpha value is 0.459. The molecule has 0 saturated carbocycles. The first-order chi connectivity index (χ1) is 2.83. The van der Waals surface area contributed by atoms with Crippen LogP contribution in [0.15, 0.2) is 0 Å². The van der Waals surface area contributed by atoms with Crippen molar-refractivity contribution in [2.75, 3.05) is 0 Å². The molecular formula is C2Cu2N2S2. The van der Waals surface area contributed by atoms with Crippen molar-refractivity contribution in [3.8, 4) is 10.8 Å². The molecule has 52 valence electrons. The molecule has 0 aromatic heterocycles. The zero-order valence-corrected chi connectivity index (χ0v) is 6.83. The maximum atomic E-state index is 7.13. The summed E-state index contributed by atoms with van der Waals surface area (Å²) in [5, 5.41) is 16.9. The van der Waals surface area contributed by atoms with Gasteiger partial charge in [-0.1, -0.05) is 10.8 Å². The van der Waals surface area contributed by atoms with Crippen LogP contribution >= 0.6 is 0 Å². The Morgan fingerprint density at radius 1 is 1.00 bits per heavy atom. The first-order valence-corrected chi connectivity index (χ1v) is 1.67. The third-order valence-electron chi connectivity index (χ3n) is 0. The molecule has 0 spiro atoms. The van der Waals surface area contributed by atoms with E-state index in [-0.39, 0.29) is 34.1 Å². The molecule has 6 heteroatoms. The van der Waals surface area contributed by atoms with Gasteiger partial charge in [-0.05, 0) is 0 Å². The van der Waals surface area contributed by atoms with E-state index in [9.17, 15) is 0 Å². The molecule has 0 rings (SSSR count). The van der Waals surface area contributed by atoms with Gasteiger partial charge in [0.25, 0.3) is 0 Å². The van der Waals surface area contributed by atoms with Crippen molar-refractivity contribution in [1.82, 2.24) is 0 Å². The Morgan fingerprint density at radius 2 is 1.00 bits per heavy atom. The normalized spacial score (nSPS) is 1.75. The maximum Gasteiger partial charge on any atom is 2.00 e. The monoisotopic (exact) mass is 242 g/mol. The van der Waals surface area contributed by atoms with Gasteiger partial charge in [-0.2, -0.15) is 0 Å². The van der Waals surface area contributed by atoms with E-state index in [1.165, 1.54) is 10.8 Å². The van der Waals surface area contributed by atoms with Gasteiger partial charge in [0.2, 0.25) is 0 Å². The molecule has 0 fully saturated rings. The van der Waals surface area contributed by atoms with Crippen LogP contribution in [0.4, 0.5) is 0 Å². The van der Waals surface area contributed by atoms with Crippen LogP contribution in [0.2, 0.25) is 0 Å². The second-order valence-corrected chi connectivity index (χ2v) is 0.548. The Kier molecular flexibility index (Phi) is 152. The molecule has 0 aromatic rings. The Bertz CT molecular complexity index is 71.0. The summed E-state index contributed by atoms with van der Waals surface area (Å²) in [5.74, 6) is 0. The number of thiocyanates is 2. The van der Waals surface area contributed by atoms with Crippen LogP contribution < -0.4 is 0 Å². The molecule has 0 aliphatic carbocycles. The summed E-state index contributed by atoms with van der Waals surface area (Å²) in [7, 11) is 0. The van der Waals surface area contributed by atoms with Crippen LogP contribution in [-0.4, -0.2) is 0 Å². The molecule has 0 aliphatic heterocycles. The average Bonchev–Trinajstić information content (AvgIpc) is 1.39. The zero-order chi connectivity index (χ0) is 5.41. The number of hydrogen-bond donors (Lipinski definition) is 0. The smallest absolute Gasteiger partial charge is 0.696 e. The van der Waals surface area contributed by atoms with Gasteiger partial charge in [-0.3, -0.25) is 0 Å². The third-order valence-corrected chi connectivity index (χ3v) is 0. The minimum atomic E-state index is 0. The van der Waals surface area contributed by atoms with Gasteiger partial charge in [0.05, 0.1) is 0 Å². The first-order valence-electron chi connectivity index (χ1n) is 0.855. The molecular weight excluding hydrogens is 243 g/mol. The van der Waals surface area contributed by atoms with Crippen LogP contribution in [0, 0.1) is 21.3 Å². The van der Waals surface area contributed by atoms with E-state index in [4.69, 9.17) is 10.5 Å². The van der Waals surface area contributed by atoms with Crippen molar-refractivity contribution in [2.45, 2.75) is 0 Å². The van der Waals surface area contributed by atoms with E-state index in [1.54, 1.807) is 0 Å². The van der Waals surface area contributed by atoms with Crippen molar-refractivity contribution in [2.24, 2.45) is 0 Å². The van der Waals surface area contributed by atoms with Gasteiger partial charge in [0, 0.05) is 17.1 Å². The zero-order valence-electron chi connectivity index (χ0n) is 3.31. The molecule has 0 aliphatic rings. The molecule has 0 bridgehead atoms. The van der Waals surface area contributed by atoms with Gasteiger partial charge in [-0.25, -0.2) is 10.5 Å². The molecule has 0 amide bonds. The average molecular weight is 243 g/mol. The number of nitriles is 2. The topological polar surface area (TPSA) is 47.6 Å². The first kappa shape index (κ1) is 23.7. The van der Waals surface area contributed by atoms with Gasteiger partial charge < -0.3 is 25.3 Å². The molecule has 0 N–H and O–H groups in total. The predicted octanol–water partition coefficient (Wildman–Crippen LogP) is 0.0238. The van der Waals surface area contributed by atoms with Crippen molar-refractivity contribution in [3.63, 3.8) is 0 Å². The SMILES string of the molecule is N#C[S-].N#C[S-].[Cu+2].[Cu]. The van der Waals surface area contributed by atoms with Crippen LogP contribution in [0.3, 0.4) is 0 Å². The van der Waals surface area contributed by atoms with Gasteiger partial charge in [0.15, 0.2) is 0 Å². The van der Waals surface area contributed by atoms with E-state index < -0.39 is 0 Å². The molecule has 2 nitrogen and oxygen atoms in total. The van der Waals surface area contributed by atoms with Crippen molar-refractivity contribution in [1.29, 1.82) is 10.5 Å². The number of hydrogen-bond acceptors (Lipinski definition) is 4. The van der Waals surface area contributed by atoms with Gasteiger partial charge >= 0.3 is 17.1 Å². The molecule has 8 heavy (non-hydrogen) atoms. The fourth-order valence-corrected chi connectivity index (χ4v) is 0. The van der Waals surface area contributed by atoms with Crippen LogP contribution in [0.25, 0.3) is 0 Å². The quantitative estimate of drug-likeness (QED) is 0.342. The summed E-state index contributed by atoms with van der Waals surface area (Å²) in [5.41, 5.74) is 0. The predicted molar refractivity (Wildman–Crippen MR) is 26.0 cm³/mol. The summed E-state index contributed by atoms with van der Waals surface area (Å²) in [4.78, 5) is 0. The molecule has 0 heterocycles. The van der Waals surface area contributed by atoms with Crippen molar-refractivity contribution >= 4 is 25.3 Å². The summed E-state index contributed by atoms with van der Waals surface area (Å²) in [6.45, 7) is 0. The second kappa shape index (κ2) is 51.5. The summed E-state index contributed by atoms with van der Waals surface area (Å²) >= 11 is 7.40. The van der Waals surface area contributed by atoms with E-state index >= 15 is 0 Å². The Morgan fingerprint density at radius 3 is 1.00 bits per heavy atom. The van der Waals surface area contributed by atoms with E-state index in [0.717, 1.165) is 0 Å². The summed E-state index contributed by atoms with van der Waals surface area (Å²) in [6, 6.07) is 0. The third kappa shape index (κ3) is 914. The Balaban J connectivity index is -0.0000000160. The van der Waals surface area contributed by atoms with Crippen molar-refractivity contribution in [3.05, 3.63) is 0 Å². The molecule has 0 atom stereocenters. The maximum absolute atomic E-state index is 7.13. The molecule has 0 aromatic carbocycles. The number of rotatable bonds is 0. The molecule has 0 unspecified atom stereocenters. The largest absolute Gasteiger partial charge is 2.00 e. The summed E-state index contributed by atoms with van der Waals surface area (Å²) in [6.07, 6.45) is 0. The van der Waals surface area contributed by atoms with Crippen LogP contribution in [-0.2, 0) is 59.4 Å². The van der Waals surface area contributed by atoms with E-state index in [0.29, 0.717) is 0 Å². The van der Waals surface area contributed by atoms with E-state index in [1.807, 2.05) is 0 Å². The summed E-state index contributed by atoms with van der Waals surface area (Å²) < 4.78 is 0. The Labute approximate surface area is 80.4 Å². The molecule has 0 saturated heterocycles. The van der Waals surface area contributed by atoms with E-state index in [2.05, 4.69) is 25.3 Å². The van der Waals surface area contributed by atoms with Crippen molar-refractivity contribution < 1.29 is 34.1 Å². The fraction of sp³-hybridized carbons (Fsp3) is 0.